The number of aliphatic hydroxyl groups is 1. The molecule has 0 radical (unpaired) electrons. The molecule has 0 aliphatic carbocycles. The second-order valence-electron chi connectivity index (χ2n) is 12.4. The summed E-state index contributed by atoms with van der Waals surface area (Å²) in [6.07, 6.45) is 0.362. The van der Waals surface area contributed by atoms with Gasteiger partial charge in [0.1, 0.15) is 36.5 Å². The molecule has 4 unspecified atom stereocenters. The molecule has 11 heteroatoms. The quantitative estimate of drug-likeness (QED) is 0.545. The summed E-state index contributed by atoms with van der Waals surface area (Å²) in [6, 6.07) is -0.355. The van der Waals surface area contributed by atoms with Crippen molar-refractivity contribution >= 4 is 35.1 Å². The molecule has 6 atom stereocenters. The largest absolute Gasteiger partial charge is 0.414 e. The Morgan fingerprint density at radius 3 is 2.24 bits per heavy atom. The number of nitrogens with zero attached hydrogens (tertiary/aromatic N) is 4. The van der Waals surface area contributed by atoms with Gasteiger partial charge in [0.15, 0.2) is 29.0 Å². The predicted molar refractivity (Wildman–Crippen MR) is 138 cm³/mol. The Kier molecular flexibility index (Phi) is 7.09. The summed E-state index contributed by atoms with van der Waals surface area (Å²) in [4.78, 5) is 15.0. The first-order chi connectivity index (χ1) is 15.0. The van der Waals surface area contributed by atoms with E-state index < -0.39 is 41.2 Å². The lowest BCUT2D eigenvalue weighted by Crippen LogP contribution is -2.55. The Morgan fingerprint density at radius 1 is 1.06 bits per heavy atom. The Morgan fingerprint density at radius 2 is 1.67 bits per heavy atom. The number of nitrogens with two attached hydrogens (primary N) is 1. The van der Waals surface area contributed by atoms with E-state index in [1.165, 1.54) is 6.34 Å². The van der Waals surface area contributed by atoms with Crippen LogP contribution in [0.4, 0.5) is 0 Å². The van der Waals surface area contributed by atoms with Gasteiger partial charge in [-0.05, 0) is 36.3 Å². The molecule has 0 saturated carbocycles. The van der Waals surface area contributed by atoms with Gasteiger partial charge < -0.3 is 29.3 Å². The molecule has 1 fully saturated rings. The van der Waals surface area contributed by atoms with E-state index in [0.29, 0.717) is 12.4 Å². The third-order valence-electron chi connectivity index (χ3n) is 7.94. The van der Waals surface area contributed by atoms with E-state index in [9.17, 15) is 5.11 Å². The molecule has 0 amide bonds. The Bertz CT molecular complexity index is 819. The molecule has 0 aromatic heterocycles. The van der Waals surface area contributed by atoms with Crippen molar-refractivity contribution in [2.45, 2.75) is 115 Å². The van der Waals surface area contributed by atoms with E-state index in [1.54, 1.807) is 6.34 Å². The van der Waals surface area contributed by atoms with Crippen LogP contribution in [0.2, 0.25) is 36.3 Å². The summed E-state index contributed by atoms with van der Waals surface area (Å²) in [5.41, 5.74) is 6.05. The van der Waals surface area contributed by atoms with Gasteiger partial charge in [-0.1, -0.05) is 41.5 Å². The average Bonchev–Trinajstić information content (AvgIpc) is 3.21. The summed E-state index contributed by atoms with van der Waals surface area (Å²) in [7, 11) is -4.22. The second-order valence-corrected chi connectivity index (χ2v) is 21.9. The maximum atomic E-state index is 11.4. The molecular weight excluding hydrogens is 454 g/mol. The van der Waals surface area contributed by atoms with Crippen LogP contribution in [0, 0.1) is 0 Å². The van der Waals surface area contributed by atoms with Crippen molar-refractivity contribution < 1.29 is 18.7 Å². The fourth-order valence-electron chi connectivity index (χ4n) is 3.55. The fourth-order valence-corrected chi connectivity index (χ4v) is 5.86. The Labute approximate surface area is 200 Å². The minimum absolute atomic E-state index is 0.0191. The summed E-state index contributed by atoms with van der Waals surface area (Å²) in [6.45, 7) is 22.2. The van der Waals surface area contributed by atoms with Gasteiger partial charge in [0.25, 0.3) is 0 Å². The maximum absolute atomic E-state index is 11.4. The van der Waals surface area contributed by atoms with E-state index in [1.807, 2.05) is 4.90 Å². The smallest absolute Gasteiger partial charge is 0.192 e. The van der Waals surface area contributed by atoms with Crippen LogP contribution in [-0.2, 0) is 13.6 Å². The lowest BCUT2D eigenvalue weighted by Gasteiger charge is -2.41. The topological polar surface area (TPSA) is 114 Å². The first-order valence-corrected chi connectivity index (χ1v) is 17.6. The van der Waals surface area contributed by atoms with Crippen LogP contribution in [0.3, 0.4) is 0 Å². The Balaban J connectivity index is 1.85. The van der Waals surface area contributed by atoms with Crippen LogP contribution in [0.1, 0.15) is 41.5 Å². The maximum Gasteiger partial charge on any atom is 0.192 e. The summed E-state index contributed by atoms with van der Waals surface area (Å²) >= 11 is 0. The molecule has 0 aromatic rings. The Hall–Kier alpha value is -1.12. The molecule has 0 bridgehead atoms. The van der Waals surface area contributed by atoms with Gasteiger partial charge in [0.05, 0.1) is 12.9 Å². The lowest BCUT2D eigenvalue weighted by atomic mass is 10.1. The number of hydrogen-bond acceptors (Lipinski definition) is 9. The number of amidine groups is 1. The number of ether oxygens (including phenoxy) is 1. The van der Waals surface area contributed by atoms with Gasteiger partial charge in [-0.2, -0.15) is 0 Å². The van der Waals surface area contributed by atoms with Gasteiger partial charge in [-0.15, -0.1) is 0 Å². The highest BCUT2D eigenvalue weighted by Gasteiger charge is 2.54. The molecule has 188 valence electrons. The van der Waals surface area contributed by atoms with E-state index in [-0.39, 0.29) is 22.3 Å². The second kappa shape index (κ2) is 8.83. The highest BCUT2D eigenvalue weighted by molar-refractivity contribution is 6.74. The predicted octanol–water partition coefficient (Wildman–Crippen LogP) is 2.92. The van der Waals surface area contributed by atoms with Gasteiger partial charge >= 0.3 is 0 Å². The normalized spacial score (nSPS) is 32.9. The van der Waals surface area contributed by atoms with Gasteiger partial charge in [-0.25, -0.2) is 9.98 Å². The van der Waals surface area contributed by atoms with Gasteiger partial charge in [0, 0.05) is 0 Å². The van der Waals surface area contributed by atoms with E-state index in [4.69, 9.17) is 19.3 Å². The summed E-state index contributed by atoms with van der Waals surface area (Å²) in [5, 5.41) is 11.5. The highest BCUT2D eigenvalue weighted by atomic mass is 28.4. The minimum atomic E-state index is -2.21. The number of fused-ring (bicyclic) bond motifs is 1. The molecule has 3 heterocycles. The number of rotatable bonds is 6. The van der Waals surface area contributed by atoms with Crippen LogP contribution >= 0.6 is 0 Å². The zero-order valence-electron chi connectivity index (χ0n) is 21.9. The van der Waals surface area contributed by atoms with Crippen molar-refractivity contribution in [2.75, 3.05) is 6.61 Å². The van der Waals surface area contributed by atoms with E-state index in [0.717, 1.165) is 0 Å². The molecule has 1 saturated heterocycles. The molecule has 3 N–H and O–H groups in total. The molecule has 9 nitrogen and oxygen atoms in total. The minimum Gasteiger partial charge on any atom is -0.414 e. The summed E-state index contributed by atoms with van der Waals surface area (Å²) in [5.74, 6) is 0.423. The molecule has 3 aliphatic heterocycles. The standard InChI is InChI=1S/C22H43N5O4Si2/c1-21(2,3)32(7,8)29-11-14-16(28)17(31-33(9,10)22(4,5)6)20(30-14)27-13-26-15-18(23)24-12-25-19(15)27/h12-17,19-20,28H,11H2,1-10H3,(H2,23,24,25)/t14-,15?,16?,17?,19?,20-/m1/s1. The molecule has 3 aliphatic rings. The molecule has 0 spiro atoms. The number of hydrogen-bond donors (Lipinski definition) is 2. The zero-order chi connectivity index (χ0) is 25.0. The SMILES string of the molecule is CC(C)(C)[Si](C)(C)OC[C@H]1O[C@@H](N2C=NC3C(N)=NC=NC32)C(O[Si](C)(C)C(C)(C)C)C1O. The van der Waals surface area contributed by atoms with Crippen LogP contribution in [0.5, 0.6) is 0 Å². The van der Waals surface area contributed by atoms with Gasteiger partial charge in [0.2, 0.25) is 0 Å². The third kappa shape index (κ3) is 5.13. The summed E-state index contributed by atoms with van der Waals surface area (Å²) < 4.78 is 19.6. The number of aliphatic hydroxyl groups excluding tert-OH is 1. The number of aliphatic imine (C=N–C) groups is 3. The molecular formula is C22H43N5O4Si2. The van der Waals surface area contributed by atoms with Crippen LogP contribution < -0.4 is 5.73 Å². The monoisotopic (exact) mass is 497 g/mol. The average molecular weight is 498 g/mol. The van der Waals surface area contributed by atoms with Crippen LogP contribution in [-0.4, -0.2) is 88.5 Å². The highest BCUT2D eigenvalue weighted by Crippen LogP contribution is 2.42. The van der Waals surface area contributed by atoms with Crippen LogP contribution in [0.15, 0.2) is 15.0 Å². The lowest BCUT2D eigenvalue weighted by molar-refractivity contribution is -0.0742. The third-order valence-corrected chi connectivity index (χ3v) is 16.9. The zero-order valence-corrected chi connectivity index (χ0v) is 23.9. The first kappa shape index (κ1) is 26.5. The van der Waals surface area contributed by atoms with Crippen molar-refractivity contribution in [3.8, 4) is 0 Å². The van der Waals surface area contributed by atoms with Crippen molar-refractivity contribution in [3.63, 3.8) is 0 Å². The van der Waals surface area contributed by atoms with Crippen molar-refractivity contribution in [1.29, 1.82) is 0 Å². The van der Waals surface area contributed by atoms with Crippen molar-refractivity contribution in [1.82, 2.24) is 4.90 Å². The van der Waals surface area contributed by atoms with E-state index in [2.05, 4.69) is 82.7 Å². The molecule has 33 heavy (non-hydrogen) atoms. The van der Waals surface area contributed by atoms with E-state index >= 15 is 0 Å². The molecule has 3 rings (SSSR count). The van der Waals surface area contributed by atoms with Gasteiger partial charge in [-0.3, -0.25) is 4.99 Å². The molecule has 0 aromatic carbocycles. The fraction of sp³-hybridized carbons (Fsp3) is 0.864. The van der Waals surface area contributed by atoms with Crippen molar-refractivity contribution in [3.05, 3.63) is 0 Å². The van der Waals surface area contributed by atoms with Crippen molar-refractivity contribution in [2.24, 2.45) is 20.7 Å². The van der Waals surface area contributed by atoms with Crippen LogP contribution in [0.25, 0.3) is 0 Å². The first-order valence-electron chi connectivity index (χ1n) is 11.8.